The van der Waals surface area contributed by atoms with Crippen LogP contribution in [0.3, 0.4) is 0 Å². The summed E-state index contributed by atoms with van der Waals surface area (Å²) in [7, 11) is -3.71. The number of benzene rings is 3. The second kappa shape index (κ2) is 7.60. The number of amides is 1. The number of halogens is 1. The Morgan fingerprint density at radius 3 is 2.12 bits per heavy atom. The molecule has 3 rings (SSSR count). The maximum atomic E-state index is 11.4. The molecule has 4 N–H and O–H groups in total. The van der Waals surface area contributed by atoms with Crippen molar-refractivity contribution in [2.24, 2.45) is 5.14 Å². The fourth-order valence-corrected chi connectivity index (χ4v) is 3.22. The minimum absolute atomic E-state index is 0.0419. The Morgan fingerprint density at radius 1 is 0.885 bits per heavy atom. The Bertz CT molecular complexity index is 1070. The van der Waals surface area contributed by atoms with Crippen LogP contribution in [-0.2, 0) is 14.8 Å². The third-order valence-corrected chi connectivity index (χ3v) is 5.32. The van der Waals surface area contributed by atoms with Crippen molar-refractivity contribution in [2.75, 3.05) is 15.1 Å². The third-order valence-electron chi connectivity index (χ3n) is 3.72. The summed E-state index contributed by atoms with van der Waals surface area (Å²) in [5.41, 5.74) is 2.48. The second-order valence-corrected chi connectivity index (χ2v) is 7.98. The summed E-state index contributed by atoms with van der Waals surface area (Å²) in [6, 6.07) is 17.8. The Labute approximate surface area is 165 Å². The lowest BCUT2D eigenvalue weighted by atomic mass is 10.1. The Kier molecular flexibility index (Phi) is 5.44. The van der Waals surface area contributed by atoms with Crippen LogP contribution in [0.4, 0.5) is 17.1 Å². The van der Waals surface area contributed by atoms with E-state index in [1.54, 1.807) is 12.1 Å². The van der Waals surface area contributed by atoms with Crippen LogP contribution in [0.2, 0.25) is 0 Å². The summed E-state index contributed by atoms with van der Waals surface area (Å²) in [6.45, 7) is 0. The van der Waals surface area contributed by atoms with Crippen molar-refractivity contribution in [1.29, 1.82) is 0 Å². The second-order valence-electron chi connectivity index (χ2n) is 5.65. The van der Waals surface area contributed by atoms with E-state index in [0.29, 0.717) is 4.43 Å². The highest BCUT2D eigenvalue weighted by Crippen LogP contribution is 2.25. The SMILES string of the molecule is NS(=O)(=O)c1ccc2cc(Nc3ccc(NC(=O)CI)cc3)ccc2c1. The zero-order valence-corrected chi connectivity index (χ0v) is 16.5. The van der Waals surface area contributed by atoms with E-state index in [9.17, 15) is 13.2 Å². The maximum Gasteiger partial charge on any atom is 0.238 e. The van der Waals surface area contributed by atoms with Crippen LogP contribution in [0.5, 0.6) is 0 Å². The van der Waals surface area contributed by atoms with Crippen LogP contribution >= 0.6 is 22.6 Å². The fraction of sp³-hybridized carbons (Fsp3) is 0.0556. The van der Waals surface area contributed by atoms with Crippen LogP contribution in [0.25, 0.3) is 10.8 Å². The van der Waals surface area contributed by atoms with Crippen LogP contribution in [-0.4, -0.2) is 18.8 Å². The van der Waals surface area contributed by atoms with Gasteiger partial charge in [0.25, 0.3) is 0 Å². The highest BCUT2D eigenvalue weighted by molar-refractivity contribution is 14.1. The van der Waals surface area contributed by atoms with Crippen molar-refractivity contribution >= 4 is 66.4 Å². The molecule has 0 heterocycles. The summed E-state index contributed by atoms with van der Waals surface area (Å²) < 4.78 is 23.3. The van der Waals surface area contributed by atoms with Gasteiger partial charge in [0.15, 0.2) is 0 Å². The lowest BCUT2D eigenvalue weighted by Crippen LogP contribution is -2.12. The zero-order chi connectivity index (χ0) is 18.7. The molecule has 0 aliphatic heterocycles. The molecule has 3 aromatic carbocycles. The van der Waals surface area contributed by atoms with Gasteiger partial charge in [-0.3, -0.25) is 4.79 Å². The van der Waals surface area contributed by atoms with E-state index in [4.69, 9.17) is 5.14 Å². The van der Waals surface area contributed by atoms with Crippen molar-refractivity contribution < 1.29 is 13.2 Å². The smallest absolute Gasteiger partial charge is 0.238 e. The maximum absolute atomic E-state index is 11.4. The van der Waals surface area contributed by atoms with Gasteiger partial charge in [0.1, 0.15) is 0 Å². The number of anilines is 3. The number of carbonyl (C=O) groups excluding carboxylic acids is 1. The van der Waals surface area contributed by atoms with E-state index in [-0.39, 0.29) is 10.8 Å². The number of primary sulfonamides is 1. The third kappa shape index (κ3) is 4.51. The first-order chi connectivity index (χ1) is 12.3. The van der Waals surface area contributed by atoms with E-state index in [1.807, 2.05) is 65.1 Å². The quantitative estimate of drug-likeness (QED) is 0.383. The average molecular weight is 481 g/mol. The molecule has 134 valence electrons. The van der Waals surface area contributed by atoms with Crippen LogP contribution in [0, 0.1) is 0 Å². The number of fused-ring (bicyclic) bond motifs is 1. The van der Waals surface area contributed by atoms with E-state index < -0.39 is 10.0 Å². The summed E-state index contributed by atoms with van der Waals surface area (Å²) in [5, 5.41) is 12.9. The molecule has 8 heteroatoms. The van der Waals surface area contributed by atoms with Crippen molar-refractivity contribution in [1.82, 2.24) is 0 Å². The van der Waals surface area contributed by atoms with Crippen LogP contribution in [0.15, 0.2) is 65.6 Å². The lowest BCUT2D eigenvalue weighted by molar-refractivity contribution is -0.113. The largest absolute Gasteiger partial charge is 0.356 e. The van der Waals surface area contributed by atoms with Crippen LogP contribution < -0.4 is 15.8 Å². The molecular formula is C18H16IN3O3S. The molecule has 6 nitrogen and oxygen atoms in total. The van der Waals surface area contributed by atoms with Gasteiger partial charge in [0.2, 0.25) is 15.9 Å². The number of hydrogen-bond acceptors (Lipinski definition) is 4. The van der Waals surface area contributed by atoms with Gasteiger partial charge in [-0.2, -0.15) is 0 Å². The Hall–Kier alpha value is -2.17. The molecule has 0 spiro atoms. The van der Waals surface area contributed by atoms with E-state index in [1.165, 1.54) is 6.07 Å². The van der Waals surface area contributed by atoms with Crippen molar-refractivity contribution in [3.05, 3.63) is 60.7 Å². The van der Waals surface area contributed by atoms with Gasteiger partial charge in [0.05, 0.1) is 9.32 Å². The Balaban J connectivity index is 1.79. The number of nitrogens with one attached hydrogen (secondary N) is 2. The summed E-state index contributed by atoms with van der Waals surface area (Å²) in [4.78, 5) is 11.5. The molecule has 0 unspecified atom stereocenters. The van der Waals surface area contributed by atoms with Crippen molar-refractivity contribution in [3.63, 3.8) is 0 Å². The highest BCUT2D eigenvalue weighted by atomic mass is 127. The summed E-state index contributed by atoms with van der Waals surface area (Å²) in [6.07, 6.45) is 0. The first-order valence-corrected chi connectivity index (χ1v) is 10.7. The number of nitrogens with two attached hydrogens (primary N) is 1. The fourth-order valence-electron chi connectivity index (χ4n) is 2.48. The molecule has 0 saturated heterocycles. The molecule has 0 aliphatic carbocycles. The molecule has 0 aromatic heterocycles. The zero-order valence-electron chi connectivity index (χ0n) is 13.6. The molecule has 1 amide bonds. The number of carbonyl (C=O) groups is 1. The van der Waals surface area contributed by atoms with E-state index >= 15 is 0 Å². The molecule has 26 heavy (non-hydrogen) atoms. The predicted octanol–water partition coefficient (Wildman–Crippen LogP) is 3.60. The van der Waals surface area contributed by atoms with Gasteiger partial charge in [-0.1, -0.05) is 34.7 Å². The van der Waals surface area contributed by atoms with E-state index in [0.717, 1.165) is 27.8 Å². The van der Waals surface area contributed by atoms with Gasteiger partial charge < -0.3 is 10.6 Å². The van der Waals surface area contributed by atoms with Gasteiger partial charge in [-0.15, -0.1) is 0 Å². The average Bonchev–Trinajstić information content (AvgIpc) is 2.62. The molecule has 3 aromatic rings. The molecule has 0 bridgehead atoms. The first-order valence-electron chi connectivity index (χ1n) is 7.65. The molecule has 0 atom stereocenters. The van der Waals surface area contributed by atoms with Crippen LogP contribution in [0.1, 0.15) is 0 Å². The number of hydrogen-bond donors (Lipinski definition) is 3. The number of sulfonamides is 1. The summed E-state index contributed by atoms with van der Waals surface area (Å²) >= 11 is 2.01. The number of rotatable bonds is 5. The predicted molar refractivity (Wildman–Crippen MR) is 113 cm³/mol. The van der Waals surface area contributed by atoms with Gasteiger partial charge in [-0.25, -0.2) is 13.6 Å². The monoisotopic (exact) mass is 481 g/mol. The molecule has 0 radical (unpaired) electrons. The standard InChI is InChI=1S/C18H16IN3O3S/c19-11-18(23)22-15-6-4-14(5-7-15)21-16-3-1-13-10-17(26(20,24)25)8-2-12(13)9-16/h1-10,21H,11H2,(H,22,23)(H2,20,24,25). The van der Waals surface area contributed by atoms with Gasteiger partial charge >= 0.3 is 0 Å². The topological polar surface area (TPSA) is 101 Å². The molecule has 0 aliphatic rings. The minimum atomic E-state index is -3.71. The molecule has 0 fully saturated rings. The van der Waals surface area contributed by atoms with Gasteiger partial charge in [-0.05, 0) is 59.3 Å². The Morgan fingerprint density at radius 2 is 1.46 bits per heavy atom. The minimum Gasteiger partial charge on any atom is -0.356 e. The normalized spacial score (nSPS) is 11.3. The van der Waals surface area contributed by atoms with Crippen molar-refractivity contribution in [3.8, 4) is 0 Å². The lowest BCUT2D eigenvalue weighted by Gasteiger charge is -2.10. The first kappa shape index (κ1) is 18.6. The molecule has 0 saturated carbocycles. The van der Waals surface area contributed by atoms with E-state index in [2.05, 4.69) is 10.6 Å². The van der Waals surface area contributed by atoms with Gasteiger partial charge in [0, 0.05) is 17.1 Å². The van der Waals surface area contributed by atoms with Crippen molar-refractivity contribution in [2.45, 2.75) is 4.90 Å². The highest BCUT2D eigenvalue weighted by Gasteiger charge is 2.08. The molecular weight excluding hydrogens is 465 g/mol. The number of alkyl halides is 1. The summed E-state index contributed by atoms with van der Waals surface area (Å²) in [5.74, 6) is -0.0419.